The van der Waals surface area contributed by atoms with Gasteiger partial charge in [-0.3, -0.25) is 0 Å². The van der Waals surface area contributed by atoms with Gasteiger partial charge in [0.15, 0.2) is 23.0 Å². The Morgan fingerprint density at radius 2 is 0.984 bits per heavy atom. The van der Waals surface area contributed by atoms with Crippen LogP contribution in [0, 0.1) is 0 Å². The number of benzene rings is 9. The van der Waals surface area contributed by atoms with Crippen LogP contribution in [0.3, 0.4) is 0 Å². The summed E-state index contributed by atoms with van der Waals surface area (Å²) in [5.74, 6) is 2.85. The van der Waals surface area contributed by atoms with Crippen molar-refractivity contribution in [2.45, 2.75) is 24.7 Å². The average Bonchev–Trinajstić information content (AvgIpc) is 4.01. The lowest BCUT2D eigenvalue weighted by atomic mass is 9.70. The number of nitrogens with zero attached hydrogens (tertiary/aromatic N) is 1. The van der Waals surface area contributed by atoms with Crippen molar-refractivity contribution in [3.63, 3.8) is 0 Å². The van der Waals surface area contributed by atoms with Crippen molar-refractivity contribution in [2.24, 2.45) is 0 Å². The molecule has 10 aromatic rings. The van der Waals surface area contributed by atoms with Crippen molar-refractivity contribution in [2.75, 3.05) is 4.90 Å². The lowest BCUT2D eigenvalue weighted by Crippen LogP contribution is -2.25. The van der Waals surface area contributed by atoms with Crippen molar-refractivity contribution in [1.29, 1.82) is 0 Å². The number of anilines is 3. The summed E-state index contributed by atoms with van der Waals surface area (Å²) in [6.07, 6.45) is 0. The first-order chi connectivity index (χ1) is 30.5. The van der Waals surface area contributed by atoms with E-state index in [-0.39, 0.29) is 5.41 Å². The second-order valence-electron chi connectivity index (χ2n) is 17.5. The molecule has 4 heteroatoms. The molecule has 2 heterocycles. The average molecular weight is 812 g/mol. The number of hydrogen-bond acceptors (Lipinski definition) is 4. The molecule has 292 valence electrons. The molecule has 1 aromatic heterocycles. The number of rotatable bonds is 3. The van der Waals surface area contributed by atoms with Gasteiger partial charge in [0.2, 0.25) is 0 Å². The van der Waals surface area contributed by atoms with Crippen molar-refractivity contribution in [1.82, 2.24) is 0 Å². The minimum atomic E-state index is -0.472. The normalized spacial score (nSPS) is 14.8. The third kappa shape index (κ3) is 4.25. The third-order valence-electron chi connectivity index (χ3n) is 14.2. The summed E-state index contributed by atoms with van der Waals surface area (Å²) in [6, 6.07) is 68.7. The molecule has 1 aliphatic heterocycles. The summed E-state index contributed by atoms with van der Waals surface area (Å²) < 4.78 is 17.0. The Hall–Kier alpha value is -7.40. The van der Waals surface area contributed by atoms with Crippen LogP contribution in [0.5, 0.6) is 23.0 Å². The van der Waals surface area contributed by atoms with Gasteiger partial charge in [-0.2, -0.15) is 0 Å². The molecule has 0 N–H and O–H groups in total. The standard InChI is InChI=1S/C58H37NO2S/c1-57(2)42-21-8-3-15-35(42)38-30-29-34(33-47(38)57)59(49-26-13-20-40-39-18-7-12-28-52(39)62-56(40)49)48-25-14-27-50-54(48)60-51-32-31-46-53(55(51)61-50)41-19-6-11-24-45(41)58(46)43-22-9-4-16-36(43)37-17-5-10-23-44(37)58/h3-33H,1-2H3. The number of fused-ring (bicyclic) bond motifs is 19. The van der Waals surface area contributed by atoms with Gasteiger partial charge in [-0.25, -0.2) is 0 Å². The molecular formula is C58H37NO2S. The molecule has 4 aliphatic rings. The second-order valence-corrected chi connectivity index (χ2v) is 18.6. The Morgan fingerprint density at radius 3 is 1.76 bits per heavy atom. The quantitative estimate of drug-likeness (QED) is 0.177. The number of ether oxygens (including phenoxy) is 2. The molecule has 3 nitrogen and oxygen atoms in total. The maximum absolute atomic E-state index is 7.25. The number of hydrogen-bond donors (Lipinski definition) is 0. The van der Waals surface area contributed by atoms with Gasteiger partial charge in [0.05, 0.1) is 21.5 Å². The molecule has 0 atom stereocenters. The van der Waals surface area contributed by atoms with Gasteiger partial charge < -0.3 is 14.4 Å². The summed E-state index contributed by atoms with van der Waals surface area (Å²) >= 11 is 1.84. The first kappa shape index (κ1) is 34.3. The van der Waals surface area contributed by atoms with E-state index in [9.17, 15) is 0 Å². The minimum Gasteiger partial charge on any atom is -0.449 e. The highest BCUT2D eigenvalue weighted by atomic mass is 32.1. The fourth-order valence-corrected chi connectivity index (χ4v) is 12.8. The van der Waals surface area contributed by atoms with Gasteiger partial charge in [0.1, 0.15) is 0 Å². The monoisotopic (exact) mass is 811 g/mol. The second kappa shape index (κ2) is 12.1. The maximum Gasteiger partial charge on any atom is 0.194 e. The summed E-state index contributed by atoms with van der Waals surface area (Å²) in [4.78, 5) is 2.40. The zero-order chi connectivity index (χ0) is 40.9. The molecule has 14 rings (SSSR count). The lowest BCUT2D eigenvalue weighted by Gasteiger charge is -2.33. The molecule has 0 amide bonds. The molecule has 0 unspecified atom stereocenters. The summed E-state index contributed by atoms with van der Waals surface area (Å²) in [6.45, 7) is 4.69. The van der Waals surface area contributed by atoms with E-state index >= 15 is 0 Å². The molecule has 9 aromatic carbocycles. The van der Waals surface area contributed by atoms with Crippen molar-refractivity contribution >= 4 is 48.6 Å². The van der Waals surface area contributed by atoms with Crippen LogP contribution in [0.25, 0.3) is 53.6 Å². The predicted molar refractivity (Wildman–Crippen MR) is 254 cm³/mol. The minimum absolute atomic E-state index is 0.166. The smallest absolute Gasteiger partial charge is 0.194 e. The molecule has 1 spiro atoms. The maximum atomic E-state index is 7.25. The Bertz CT molecular complexity index is 3550. The fraction of sp³-hybridized carbons (Fsp3) is 0.0690. The first-order valence-electron chi connectivity index (χ1n) is 21.4. The van der Waals surface area contributed by atoms with E-state index in [1.54, 1.807) is 0 Å². The topological polar surface area (TPSA) is 21.7 Å². The highest BCUT2D eigenvalue weighted by Gasteiger charge is 2.53. The molecule has 0 radical (unpaired) electrons. The summed E-state index contributed by atoms with van der Waals surface area (Å²) in [5.41, 5.74) is 17.6. The van der Waals surface area contributed by atoms with Crippen molar-refractivity contribution in [3.8, 4) is 56.4 Å². The van der Waals surface area contributed by atoms with Gasteiger partial charge in [-0.1, -0.05) is 159 Å². The van der Waals surface area contributed by atoms with E-state index < -0.39 is 5.41 Å². The summed E-state index contributed by atoms with van der Waals surface area (Å²) in [5, 5.41) is 2.51. The van der Waals surface area contributed by atoms with E-state index in [1.165, 1.54) is 81.4 Å². The van der Waals surface area contributed by atoms with Gasteiger partial charge in [0.25, 0.3) is 0 Å². The zero-order valence-electron chi connectivity index (χ0n) is 34.1. The van der Waals surface area contributed by atoms with Crippen LogP contribution in [0.15, 0.2) is 188 Å². The van der Waals surface area contributed by atoms with Gasteiger partial charge in [0, 0.05) is 32.1 Å². The van der Waals surface area contributed by atoms with Gasteiger partial charge in [-0.15, -0.1) is 11.3 Å². The van der Waals surface area contributed by atoms with Gasteiger partial charge in [-0.05, 0) is 104 Å². The van der Waals surface area contributed by atoms with Crippen LogP contribution in [-0.4, -0.2) is 0 Å². The lowest BCUT2D eigenvalue weighted by molar-refractivity contribution is 0.361. The first-order valence-corrected chi connectivity index (χ1v) is 22.2. The van der Waals surface area contributed by atoms with Crippen LogP contribution in [0.2, 0.25) is 0 Å². The predicted octanol–water partition coefficient (Wildman–Crippen LogP) is 16.1. The van der Waals surface area contributed by atoms with Crippen molar-refractivity contribution in [3.05, 3.63) is 221 Å². The van der Waals surface area contributed by atoms with Crippen LogP contribution >= 0.6 is 11.3 Å². The van der Waals surface area contributed by atoms with Crippen LogP contribution in [0.4, 0.5) is 17.1 Å². The van der Waals surface area contributed by atoms with E-state index in [0.717, 1.165) is 28.4 Å². The van der Waals surface area contributed by atoms with Crippen LogP contribution < -0.4 is 14.4 Å². The molecule has 0 saturated heterocycles. The molecule has 62 heavy (non-hydrogen) atoms. The van der Waals surface area contributed by atoms with E-state index in [1.807, 2.05) is 11.3 Å². The highest BCUT2D eigenvalue weighted by Crippen LogP contribution is 2.67. The number of para-hydroxylation sites is 1. The van der Waals surface area contributed by atoms with Crippen LogP contribution in [-0.2, 0) is 10.8 Å². The van der Waals surface area contributed by atoms with E-state index in [4.69, 9.17) is 9.47 Å². The molecule has 0 fully saturated rings. The van der Waals surface area contributed by atoms with Crippen molar-refractivity contribution < 1.29 is 9.47 Å². The molecular weight excluding hydrogens is 775 g/mol. The SMILES string of the molecule is CC1(C)c2ccccc2-c2ccc(N(c3cccc4c3Oc3ccc5c(c3O4)-c3ccccc3C53c4ccccc4-c4ccccc43)c3cccc4c3sc3ccccc34)cc21. The fourth-order valence-electron chi connectivity index (χ4n) is 11.5. The Labute approximate surface area is 363 Å². The highest BCUT2D eigenvalue weighted by molar-refractivity contribution is 7.26. The van der Waals surface area contributed by atoms with E-state index in [2.05, 4.69) is 207 Å². The Kier molecular flexibility index (Phi) is 6.71. The third-order valence-corrected chi connectivity index (χ3v) is 15.4. The molecule has 0 saturated carbocycles. The molecule has 3 aliphatic carbocycles. The Balaban J connectivity index is 0.978. The van der Waals surface area contributed by atoms with Gasteiger partial charge >= 0.3 is 0 Å². The van der Waals surface area contributed by atoms with E-state index in [0.29, 0.717) is 17.2 Å². The largest absolute Gasteiger partial charge is 0.449 e. The van der Waals surface area contributed by atoms with Crippen LogP contribution in [0.1, 0.15) is 47.2 Å². The zero-order valence-corrected chi connectivity index (χ0v) is 34.9. The summed E-state index contributed by atoms with van der Waals surface area (Å²) in [7, 11) is 0. The Morgan fingerprint density at radius 1 is 0.419 bits per heavy atom. The number of thiophene rings is 1. The molecule has 0 bridgehead atoms.